The zero-order chi connectivity index (χ0) is 14.7. The number of carbonyl (C=O) groups excluding carboxylic acids is 1. The molecular formula is C12H15ClN4OS2. The lowest BCUT2D eigenvalue weighted by atomic mass is 10.4. The van der Waals surface area contributed by atoms with E-state index in [0.717, 1.165) is 16.6 Å². The summed E-state index contributed by atoms with van der Waals surface area (Å²) in [6.45, 7) is 3.26. The predicted molar refractivity (Wildman–Crippen MR) is 86.0 cm³/mol. The van der Waals surface area contributed by atoms with Crippen LogP contribution < -0.4 is 16.0 Å². The Morgan fingerprint density at radius 3 is 2.85 bits per heavy atom. The summed E-state index contributed by atoms with van der Waals surface area (Å²) < 4.78 is 0.707. The van der Waals surface area contributed by atoms with Crippen LogP contribution in [0.3, 0.4) is 0 Å². The second-order valence-corrected chi connectivity index (χ2v) is 6.89. The van der Waals surface area contributed by atoms with Crippen LogP contribution in [0.25, 0.3) is 0 Å². The molecule has 0 radical (unpaired) electrons. The summed E-state index contributed by atoms with van der Waals surface area (Å²) in [5, 5.41) is 3.57. The SMILES string of the molecule is CCN(C)c1nc(N)c(C(=O)NCc2ccc(Cl)s2)s1. The van der Waals surface area contributed by atoms with Gasteiger partial charge in [-0.25, -0.2) is 4.98 Å². The van der Waals surface area contributed by atoms with Crippen molar-refractivity contribution in [2.45, 2.75) is 13.5 Å². The molecule has 0 fully saturated rings. The van der Waals surface area contributed by atoms with E-state index in [1.807, 2.05) is 31.0 Å². The minimum Gasteiger partial charge on any atom is -0.382 e. The number of thiophene rings is 1. The number of halogens is 1. The maximum atomic E-state index is 12.1. The maximum absolute atomic E-state index is 12.1. The number of thiazole rings is 1. The van der Waals surface area contributed by atoms with Crippen molar-refractivity contribution in [2.75, 3.05) is 24.2 Å². The van der Waals surface area contributed by atoms with E-state index in [-0.39, 0.29) is 11.7 Å². The van der Waals surface area contributed by atoms with Crippen LogP contribution in [0, 0.1) is 0 Å². The van der Waals surface area contributed by atoms with Crippen molar-refractivity contribution in [3.8, 4) is 0 Å². The number of hydrogen-bond acceptors (Lipinski definition) is 6. The number of amides is 1. The van der Waals surface area contributed by atoms with E-state index in [1.54, 1.807) is 0 Å². The molecule has 2 aromatic heterocycles. The number of nitrogens with two attached hydrogens (primary N) is 1. The smallest absolute Gasteiger partial charge is 0.265 e. The monoisotopic (exact) mass is 330 g/mol. The van der Waals surface area contributed by atoms with Crippen LogP contribution in [0.15, 0.2) is 12.1 Å². The fourth-order valence-electron chi connectivity index (χ4n) is 1.48. The number of nitrogens with zero attached hydrogens (tertiary/aromatic N) is 2. The van der Waals surface area contributed by atoms with Gasteiger partial charge in [0.15, 0.2) is 5.13 Å². The van der Waals surface area contributed by atoms with Gasteiger partial charge < -0.3 is 16.0 Å². The Balaban J connectivity index is 2.03. The topological polar surface area (TPSA) is 71.2 Å². The Labute approximate surface area is 130 Å². The number of rotatable bonds is 5. The molecule has 0 unspecified atom stereocenters. The second-order valence-electron chi connectivity index (χ2n) is 4.11. The largest absolute Gasteiger partial charge is 0.382 e. The summed E-state index contributed by atoms with van der Waals surface area (Å²) in [7, 11) is 1.91. The molecule has 1 amide bonds. The number of nitrogen functional groups attached to an aromatic ring is 1. The average Bonchev–Trinajstić information content (AvgIpc) is 3.01. The highest BCUT2D eigenvalue weighted by Crippen LogP contribution is 2.27. The molecule has 2 rings (SSSR count). The highest BCUT2D eigenvalue weighted by Gasteiger charge is 2.17. The minimum absolute atomic E-state index is 0.208. The van der Waals surface area contributed by atoms with Crippen molar-refractivity contribution in [1.82, 2.24) is 10.3 Å². The molecular weight excluding hydrogens is 316 g/mol. The molecule has 0 aliphatic rings. The molecule has 8 heteroatoms. The van der Waals surface area contributed by atoms with Gasteiger partial charge in [0.25, 0.3) is 5.91 Å². The van der Waals surface area contributed by atoms with Crippen molar-refractivity contribution in [3.05, 3.63) is 26.2 Å². The molecule has 0 saturated heterocycles. The fraction of sp³-hybridized carbons (Fsp3) is 0.333. The Morgan fingerprint density at radius 2 is 2.25 bits per heavy atom. The number of anilines is 2. The summed E-state index contributed by atoms with van der Waals surface area (Å²) in [6.07, 6.45) is 0. The van der Waals surface area contributed by atoms with Crippen molar-refractivity contribution in [3.63, 3.8) is 0 Å². The summed E-state index contributed by atoms with van der Waals surface area (Å²) in [4.78, 5) is 19.7. The second kappa shape index (κ2) is 6.43. The summed E-state index contributed by atoms with van der Waals surface area (Å²) in [6, 6.07) is 3.70. The van der Waals surface area contributed by atoms with Crippen LogP contribution in [0.2, 0.25) is 4.34 Å². The number of carbonyl (C=O) groups is 1. The lowest BCUT2D eigenvalue weighted by Gasteiger charge is -2.10. The minimum atomic E-state index is -0.208. The van der Waals surface area contributed by atoms with Crippen molar-refractivity contribution < 1.29 is 4.79 Å². The highest BCUT2D eigenvalue weighted by atomic mass is 35.5. The van der Waals surface area contributed by atoms with Gasteiger partial charge in [0.2, 0.25) is 0 Å². The molecule has 0 aromatic carbocycles. The molecule has 0 atom stereocenters. The third-order valence-electron chi connectivity index (χ3n) is 2.70. The third kappa shape index (κ3) is 3.41. The van der Waals surface area contributed by atoms with Crippen molar-refractivity contribution in [2.24, 2.45) is 0 Å². The maximum Gasteiger partial charge on any atom is 0.265 e. The molecule has 0 aliphatic carbocycles. The Morgan fingerprint density at radius 1 is 1.50 bits per heavy atom. The standard InChI is InChI=1S/C12H15ClN4OS2/c1-3-17(2)12-16-10(14)9(20-12)11(18)15-6-7-4-5-8(13)19-7/h4-5H,3,6,14H2,1-2H3,(H,15,18). The van der Waals surface area contributed by atoms with E-state index in [4.69, 9.17) is 17.3 Å². The first-order valence-corrected chi connectivity index (χ1v) is 8.02. The Bertz CT molecular complexity index is 610. The highest BCUT2D eigenvalue weighted by molar-refractivity contribution is 7.18. The van der Waals surface area contributed by atoms with Crippen LogP contribution >= 0.6 is 34.3 Å². The van der Waals surface area contributed by atoms with Crippen molar-refractivity contribution in [1.29, 1.82) is 0 Å². The summed E-state index contributed by atoms with van der Waals surface area (Å²) in [5.41, 5.74) is 5.80. The number of aromatic nitrogens is 1. The first kappa shape index (κ1) is 15.1. The van der Waals surface area contributed by atoms with Crippen molar-refractivity contribution >= 4 is 51.1 Å². The first-order chi connectivity index (χ1) is 9.51. The van der Waals surface area contributed by atoms with Gasteiger partial charge >= 0.3 is 0 Å². The van der Waals surface area contributed by atoms with E-state index in [0.29, 0.717) is 15.8 Å². The fourth-order valence-corrected chi connectivity index (χ4v) is 3.43. The van der Waals surface area contributed by atoms with Gasteiger partial charge in [0.1, 0.15) is 10.7 Å². The van der Waals surface area contributed by atoms with E-state index in [1.165, 1.54) is 22.7 Å². The van der Waals surface area contributed by atoms with Crippen LogP contribution in [-0.2, 0) is 6.54 Å². The van der Waals surface area contributed by atoms with Gasteiger partial charge in [0.05, 0.1) is 10.9 Å². The molecule has 5 nitrogen and oxygen atoms in total. The van der Waals surface area contributed by atoms with Crippen LogP contribution in [0.1, 0.15) is 21.5 Å². The lowest BCUT2D eigenvalue weighted by Crippen LogP contribution is -2.22. The molecule has 108 valence electrons. The molecule has 20 heavy (non-hydrogen) atoms. The predicted octanol–water partition coefficient (Wildman–Crippen LogP) is 2.83. The van der Waals surface area contributed by atoms with E-state index >= 15 is 0 Å². The van der Waals surface area contributed by atoms with Gasteiger partial charge in [0, 0.05) is 18.5 Å². The molecule has 0 bridgehead atoms. The molecule has 0 spiro atoms. The molecule has 0 aliphatic heterocycles. The Hall–Kier alpha value is -1.31. The average molecular weight is 331 g/mol. The summed E-state index contributed by atoms with van der Waals surface area (Å²) >= 11 is 8.58. The van der Waals surface area contributed by atoms with Crippen LogP contribution in [0.5, 0.6) is 0 Å². The van der Waals surface area contributed by atoms with Gasteiger partial charge in [-0.15, -0.1) is 11.3 Å². The zero-order valence-corrected chi connectivity index (χ0v) is 13.5. The van der Waals surface area contributed by atoms with Gasteiger partial charge in [-0.2, -0.15) is 0 Å². The van der Waals surface area contributed by atoms with E-state index < -0.39 is 0 Å². The third-order valence-corrected chi connectivity index (χ3v) is 5.12. The first-order valence-electron chi connectivity index (χ1n) is 6.01. The van der Waals surface area contributed by atoms with E-state index in [2.05, 4.69) is 10.3 Å². The number of nitrogens with one attached hydrogen (secondary N) is 1. The van der Waals surface area contributed by atoms with Gasteiger partial charge in [-0.1, -0.05) is 22.9 Å². The molecule has 2 heterocycles. The Kier molecular flexibility index (Phi) is 4.85. The normalized spacial score (nSPS) is 10.6. The van der Waals surface area contributed by atoms with Gasteiger partial charge in [-0.05, 0) is 19.1 Å². The van der Waals surface area contributed by atoms with Crippen LogP contribution in [-0.4, -0.2) is 24.5 Å². The van der Waals surface area contributed by atoms with Gasteiger partial charge in [-0.3, -0.25) is 4.79 Å². The molecule has 0 saturated carbocycles. The molecule has 3 N–H and O–H groups in total. The summed E-state index contributed by atoms with van der Waals surface area (Å²) in [5.74, 6) is 0.0623. The lowest BCUT2D eigenvalue weighted by molar-refractivity contribution is 0.0956. The zero-order valence-electron chi connectivity index (χ0n) is 11.1. The van der Waals surface area contributed by atoms with Crippen LogP contribution in [0.4, 0.5) is 10.9 Å². The quantitative estimate of drug-likeness (QED) is 0.884. The number of hydrogen-bond donors (Lipinski definition) is 2. The molecule has 2 aromatic rings. The van der Waals surface area contributed by atoms with E-state index in [9.17, 15) is 4.79 Å².